The topological polar surface area (TPSA) is 44.5 Å². The average molecular weight is 235 g/mol. The molecule has 0 aliphatic heterocycles. The van der Waals surface area contributed by atoms with Crippen LogP contribution in [0.5, 0.6) is 5.75 Å². The first-order chi connectivity index (χ1) is 8.20. The number of nitrogens with two attached hydrogens (primary N) is 1. The zero-order valence-electron chi connectivity index (χ0n) is 10.6. The molecule has 2 atom stereocenters. The van der Waals surface area contributed by atoms with E-state index in [1.165, 1.54) is 12.8 Å². The minimum Gasteiger partial charge on any atom is -0.497 e. The zero-order valence-corrected chi connectivity index (χ0v) is 10.6. The van der Waals surface area contributed by atoms with Gasteiger partial charge in [0.1, 0.15) is 5.75 Å². The van der Waals surface area contributed by atoms with Gasteiger partial charge >= 0.3 is 0 Å². The van der Waals surface area contributed by atoms with Crippen LogP contribution in [0.15, 0.2) is 24.3 Å². The molecule has 1 aromatic rings. The van der Waals surface area contributed by atoms with Crippen molar-refractivity contribution in [3.05, 3.63) is 29.8 Å². The first-order valence-corrected chi connectivity index (χ1v) is 6.22. The van der Waals surface area contributed by atoms with Crippen LogP contribution in [0.25, 0.3) is 0 Å². The van der Waals surface area contributed by atoms with Crippen LogP contribution in [0.4, 0.5) is 0 Å². The van der Waals surface area contributed by atoms with Gasteiger partial charge in [0, 0.05) is 6.04 Å². The fourth-order valence-electron chi connectivity index (χ4n) is 1.89. The monoisotopic (exact) mass is 235 g/mol. The Balaban J connectivity index is 2.06. The van der Waals surface area contributed by atoms with E-state index in [4.69, 9.17) is 15.2 Å². The van der Waals surface area contributed by atoms with Crippen LogP contribution in [-0.4, -0.2) is 19.8 Å². The molecule has 0 saturated heterocycles. The highest BCUT2D eigenvalue weighted by molar-refractivity contribution is 5.30. The van der Waals surface area contributed by atoms with Crippen molar-refractivity contribution in [2.75, 3.05) is 13.7 Å². The second-order valence-corrected chi connectivity index (χ2v) is 4.83. The third-order valence-corrected chi connectivity index (χ3v) is 3.11. The summed E-state index contributed by atoms with van der Waals surface area (Å²) in [5.41, 5.74) is 7.10. The summed E-state index contributed by atoms with van der Waals surface area (Å²) < 4.78 is 11.2. The van der Waals surface area contributed by atoms with Crippen LogP contribution in [0.2, 0.25) is 0 Å². The molecule has 2 unspecified atom stereocenters. The van der Waals surface area contributed by atoms with Crippen molar-refractivity contribution < 1.29 is 9.47 Å². The number of ether oxygens (including phenoxy) is 2. The molecule has 0 spiro atoms. The second-order valence-electron chi connectivity index (χ2n) is 4.83. The van der Waals surface area contributed by atoms with Crippen LogP contribution in [0, 0.1) is 5.92 Å². The third-order valence-electron chi connectivity index (χ3n) is 3.11. The van der Waals surface area contributed by atoms with Gasteiger partial charge in [-0.05, 0) is 43.4 Å². The van der Waals surface area contributed by atoms with Gasteiger partial charge in [0.05, 0.1) is 19.8 Å². The number of rotatable bonds is 6. The van der Waals surface area contributed by atoms with Gasteiger partial charge in [0.2, 0.25) is 0 Å². The van der Waals surface area contributed by atoms with Gasteiger partial charge in [-0.25, -0.2) is 0 Å². The lowest BCUT2D eigenvalue weighted by atomic mass is 10.0. The maximum atomic E-state index is 6.00. The fourth-order valence-corrected chi connectivity index (χ4v) is 1.89. The minimum atomic E-state index is -0.0364. The Morgan fingerprint density at radius 2 is 2.18 bits per heavy atom. The van der Waals surface area contributed by atoms with Gasteiger partial charge < -0.3 is 15.2 Å². The van der Waals surface area contributed by atoms with Gasteiger partial charge in [-0.1, -0.05) is 12.1 Å². The van der Waals surface area contributed by atoms with Crippen LogP contribution in [0.1, 0.15) is 31.4 Å². The molecule has 1 aliphatic carbocycles. The van der Waals surface area contributed by atoms with Crippen molar-refractivity contribution in [1.29, 1.82) is 0 Å². The van der Waals surface area contributed by atoms with Crippen molar-refractivity contribution in [3.63, 3.8) is 0 Å². The van der Waals surface area contributed by atoms with E-state index < -0.39 is 0 Å². The van der Waals surface area contributed by atoms with E-state index in [0.717, 1.165) is 23.8 Å². The summed E-state index contributed by atoms with van der Waals surface area (Å²) in [5.74, 6) is 1.60. The molecular formula is C14H21NO2. The highest BCUT2D eigenvalue weighted by Crippen LogP contribution is 2.32. The van der Waals surface area contributed by atoms with E-state index in [2.05, 4.69) is 0 Å². The molecule has 0 bridgehead atoms. The first kappa shape index (κ1) is 12.4. The average Bonchev–Trinajstić information content (AvgIpc) is 3.13. The Hall–Kier alpha value is -1.06. The van der Waals surface area contributed by atoms with Crippen molar-refractivity contribution in [1.82, 2.24) is 0 Å². The molecule has 3 heteroatoms. The van der Waals surface area contributed by atoms with Crippen LogP contribution in [0.3, 0.4) is 0 Å². The quantitative estimate of drug-likeness (QED) is 0.824. The van der Waals surface area contributed by atoms with E-state index in [9.17, 15) is 0 Å². The van der Waals surface area contributed by atoms with Gasteiger partial charge in [-0.15, -0.1) is 0 Å². The zero-order chi connectivity index (χ0) is 12.3. The van der Waals surface area contributed by atoms with Crippen LogP contribution in [-0.2, 0) is 4.74 Å². The lowest BCUT2D eigenvalue weighted by molar-refractivity contribution is 0.0313. The molecule has 0 aromatic heterocycles. The van der Waals surface area contributed by atoms with Gasteiger partial charge in [0.15, 0.2) is 0 Å². The maximum absolute atomic E-state index is 6.00. The fraction of sp³-hybridized carbons (Fsp3) is 0.571. The summed E-state index contributed by atoms with van der Waals surface area (Å²) in [6.07, 6.45) is 2.55. The number of methoxy groups -OCH3 is 1. The minimum absolute atomic E-state index is 0.0131. The Morgan fingerprint density at radius 1 is 1.41 bits per heavy atom. The van der Waals surface area contributed by atoms with E-state index in [0.29, 0.717) is 0 Å². The Labute approximate surface area is 103 Å². The molecule has 0 heterocycles. The summed E-state index contributed by atoms with van der Waals surface area (Å²) in [7, 11) is 1.67. The summed E-state index contributed by atoms with van der Waals surface area (Å²) in [6.45, 7) is 2.81. The lowest BCUT2D eigenvalue weighted by Gasteiger charge is -2.22. The first-order valence-electron chi connectivity index (χ1n) is 6.22. The summed E-state index contributed by atoms with van der Waals surface area (Å²) in [4.78, 5) is 0. The number of hydrogen-bond donors (Lipinski definition) is 1. The predicted molar refractivity (Wildman–Crippen MR) is 68.1 cm³/mol. The summed E-state index contributed by atoms with van der Waals surface area (Å²) in [5, 5.41) is 0. The molecule has 2 rings (SSSR count). The summed E-state index contributed by atoms with van der Waals surface area (Å²) in [6, 6.07) is 7.94. The largest absolute Gasteiger partial charge is 0.497 e. The molecule has 94 valence electrons. The second kappa shape index (κ2) is 5.52. The maximum Gasteiger partial charge on any atom is 0.119 e. The van der Waals surface area contributed by atoms with Gasteiger partial charge in [-0.3, -0.25) is 0 Å². The number of benzene rings is 1. The Bertz CT molecular complexity index is 361. The molecule has 2 N–H and O–H groups in total. The molecule has 0 amide bonds. The van der Waals surface area contributed by atoms with Gasteiger partial charge in [-0.2, -0.15) is 0 Å². The smallest absolute Gasteiger partial charge is 0.119 e. The Kier molecular flexibility index (Phi) is 4.02. The molecule has 17 heavy (non-hydrogen) atoms. The molecule has 3 nitrogen and oxygen atoms in total. The van der Waals surface area contributed by atoms with Crippen molar-refractivity contribution >= 4 is 0 Å². The van der Waals surface area contributed by atoms with E-state index in [-0.39, 0.29) is 12.1 Å². The normalized spacial score (nSPS) is 18.8. The van der Waals surface area contributed by atoms with Crippen LogP contribution < -0.4 is 10.5 Å². The summed E-state index contributed by atoms with van der Waals surface area (Å²) >= 11 is 0. The molecule has 1 aliphatic rings. The Morgan fingerprint density at radius 3 is 2.76 bits per heavy atom. The highest BCUT2D eigenvalue weighted by Gasteiger charge is 2.25. The number of hydrogen-bond acceptors (Lipinski definition) is 3. The van der Waals surface area contributed by atoms with Crippen LogP contribution >= 0.6 is 0 Å². The molecule has 1 saturated carbocycles. The molecule has 1 fully saturated rings. The van der Waals surface area contributed by atoms with E-state index in [1.807, 2.05) is 31.2 Å². The predicted octanol–water partition coefficient (Wildman–Crippen LogP) is 2.51. The van der Waals surface area contributed by atoms with Crippen molar-refractivity contribution in [2.45, 2.75) is 31.9 Å². The standard InChI is InChI=1S/C14H21NO2/c1-10(15)14(17-9-11-6-7-11)12-4-3-5-13(8-12)16-2/h3-5,8,10-11,14H,6-7,9,15H2,1-2H3. The molecule has 0 radical (unpaired) electrons. The van der Waals surface area contributed by atoms with Crippen molar-refractivity contribution in [2.24, 2.45) is 11.7 Å². The SMILES string of the molecule is COc1cccc(C(OCC2CC2)C(C)N)c1. The molecular weight excluding hydrogens is 214 g/mol. The van der Waals surface area contributed by atoms with Gasteiger partial charge in [0.25, 0.3) is 0 Å². The van der Waals surface area contributed by atoms with E-state index >= 15 is 0 Å². The van der Waals surface area contributed by atoms with Crippen molar-refractivity contribution in [3.8, 4) is 5.75 Å². The van der Waals surface area contributed by atoms with E-state index in [1.54, 1.807) is 7.11 Å². The highest BCUT2D eigenvalue weighted by atomic mass is 16.5. The molecule has 1 aromatic carbocycles. The third kappa shape index (κ3) is 3.45. The lowest BCUT2D eigenvalue weighted by Crippen LogP contribution is -2.27.